The summed E-state index contributed by atoms with van der Waals surface area (Å²) in [6.07, 6.45) is 5.62. The highest BCUT2D eigenvalue weighted by Crippen LogP contribution is 2.31. The van der Waals surface area contributed by atoms with Crippen LogP contribution in [-0.4, -0.2) is 70.2 Å². The molecule has 3 rings (SSSR count). The van der Waals surface area contributed by atoms with E-state index in [-0.39, 0.29) is 17.9 Å². The molecule has 1 aromatic rings. The lowest BCUT2D eigenvalue weighted by atomic mass is 9.83. The van der Waals surface area contributed by atoms with Gasteiger partial charge < -0.3 is 10.2 Å². The minimum atomic E-state index is -0.442. The van der Waals surface area contributed by atoms with E-state index in [1.54, 1.807) is 10.9 Å². The van der Waals surface area contributed by atoms with Crippen molar-refractivity contribution in [1.82, 2.24) is 24.9 Å². The number of piperazine rings is 1. The van der Waals surface area contributed by atoms with E-state index in [1.807, 2.05) is 31.1 Å². The number of carbonyl (C=O) groups excluding carboxylic acids is 2. The number of piperidine rings is 1. The molecule has 1 N–H and O–H groups in total. The van der Waals surface area contributed by atoms with Gasteiger partial charge in [0, 0.05) is 38.6 Å². The van der Waals surface area contributed by atoms with Crippen molar-refractivity contribution in [2.45, 2.75) is 37.8 Å². The Hall–Kier alpha value is -1.89. The number of hydrogen-bond donors (Lipinski definition) is 1. The Labute approximate surface area is 136 Å². The topological polar surface area (TPSA) is 70.5 Å². The van der Waals surface area contributed by atoms with E-state index in [2.05, 4.69) is 15.3 Å². The van der Waals surface area contributed by atoms with Gasteiger partial charge in [-0.15, -0.1) is 0 Å². The van der Waals surface area contributed by atoms with Crippen LogP contribution in [0.1, 0.15) is 32.2 Å². The van der Waals surface area contributed by atoms with Crippen LogP contribution in [0.5, 0.6) is 0 Å². The van der Waals surface area contributed by atoms with E-state index in [9.17, 15) is 9.59 Å². The molecule has 126 valence electrons. The molecule has 0 aliphatic carbocycles. The van der Waals surface area contributed by atoms with Crippen LogP contribution in [0.2, 0.25) is 0 Å². The van der Waals surface area contributed by atoms with Crippen molar-refractivity contribution in [2.75, 3.05) is 33.2 Å². The van der Waals surface area contributed by atoms with Crippen LogP contribution < -0.4 is 5.32 Å². The predicted octanol–water partition coefficient (Wildman–Crippen LogP) is 0.257. The first-order chi connectivity index (χ1) is 11.1. The minimum Gasteiger partial charge on any atom is -0.353 e. The van der Waals surface area contributed by atoms with E-state index in [1.165, 1.54) is 0 Å². The number of likely N-dealkylation sites (N-methyl/N-ethyl adjacent to an activating group) is 1. The fraction of sp³-hybridized carbons (Fsp3) is 0.688. The Bertz CT molecular complexity index is 563. The second-order valence-corrected chi connectivity index (χ2v) is 6.44. The van der Waals surface area contributed by atoms with Gasteiger partial charge in [0.05, 0.1) is 0 Å². The van der Waals surface area contributed by atoms with Crippen LogP contribution >= 0.6 is 0 Å². The van der Waals surface area contributed by atoms with Crippen molar-refractivity contribution in [3.05, 3.63) is 18.5 Å². The van der Waals surface area contributed by atoms with Crippen molar-refractivity contribution < 1.29 is 9.59 Å². The normalized spacial score (nSPS) is 22.9. The van der Waals surface area contributed by atoms with Crippen LogP contribution in [0.15, 0.2) is 18.5 Å². The molecule has 1 spiro atoms. The summed E-state index contributed by atoms with van der Waals surface area (Å²) >= 11 is 0. The van der Waals surface area contributed by atoms with Crippen LogP contribution in [0.3, 0.4) is 0 Å². The Kier molecular flexibility index (Phi) is 4.39. The maximum Gasteiger partial charge on any atom is 0.247 e. The van der Waals surface area contributed by atoms with Gasteiger partial charge in [0.1, 0.15) is 11.6 Å². The Morgan fingerprint density at radius 1 is 1.39 bits per heavy atom. The average Bonchev–Trinajstić information content (AvgIpc) is 3.08. The van der Waals surface area contributed by atoms with E-state index in [4.69, 9.17) is 0 Å². The van der Waals surface area contributed by atoms with Crippen LogP contribution in [0, 0.1) is 0 Å². The van der Waals surface area contributed by atoms with Crippen LogP contribution in [0.4, 0.5) is 0 Å². The summed E-state index contributed by atoms with van der Waals surface area (Å²) in [5, 5.41) is 7.18. The molecule has 2 fully saturated rings. The number of carbonyl (C=O) groups is 2. The van der Waals surface area contributed by atoms with Gasteiger partial charge in [0.15, 0.2) is 0 Å². The van der Waals surface area contributed by atoms with Gasteiger partial charge in [-0.1, -0.05) is 6.92 Å². The zero-order chi connectivity index (χ0) is 16.4. The van der Waals surface area contributed by atoms with Gasteiger partial charge in [-0.2, -0.15) is 5.10 Å². The molecular formula is C16H25N5O2. The quantitative estimate of drug-likeness (QED) is 0.867. The van der Waals surface area contributed by atoms with Crippen LogP contribution in [-0.2, 0) is 9.59 Å². The van der Waals surface area contributed by atoms with Crippen molar-refractivity contribution >= 4 is 11.8 Å². The van der Waals surface area contributed by atoms with Gasteiger partial charge in [-0.25, -0.2) is 0 Å². The lowest BCUT2D eigenvalue weighted by Crippen LogP contribution is -2.67. The molecule has 1 aromatic heterocycles. The lowest BCUT2D eigenvalue weighted by molar-refractivity contribution is -0.146. The SMILES string of the molecule is CC[C@@H](C(=O)N1CCC2(CC1)C(=O)NCCN2C)n1cccn1. The molecular weight excluding hydrogens is 294 g/mol. The number of aromatic nitrogens is 2. The van der Waals surface area contributed by atoms with Gasteiger partial charge in [0.25, 0.3) is 0 Å². The number of likely N-dealkylation sites (tertiary alicyclic amines) is 1. The second-order valence-electron chi connectivity index (χ2n) is 6.44. The Morgan fingerprint density at radius 2 is 2.13 bits per heavy atom. The monoisotopic (exact) mass is 319 g/mol. The first-order valence-electron chi connectivity index (χ1n) is 8.36. The molecule has 0 saturated carbocycles. The molecule has 2 aliphatic rings. The molecule has 7 heteroatoms. The van der Waals surface area contributed by atoms with E-state index >= 15 is 0 Å². The molecule has 0 bridgehead atoms. The smallest absolute Gasteiger partial charge is 0.247 e. The summed E-state index contributed by atoms with van der Waals surface area (Å²) in [6.45, 7) is 4.81. The largest absolute Gasteiger partial charge is 0.353 e. The summed E-state index contributed by atoms with van der Waals surface area (Å²) in [5.41, 5.74) is -0.442. The van der Waals surface area contributed by atoms with E-state index in [0.29, 0.717) is 38.9 Å². The highest BCUT2D eigenvalue weighted by Gasteiger charge is 2.47. The molecule has 2 aliphatic heterocycles. The van der Waals surface area contributed by atoms with Gasteiger partial charge in [-0.3, -0.25) is 19.2 Å². The number of amides is 2. The molecule has 0 aromatic carbocycles. The number of nitrogens with zero attached hydrogens (tertiary/aromatic N) is 4. The standard InChI is InChI=1S/C16H25N5O2/c1-3-13(21-9-4-7-18-21)14(22)20-10-5-16(6-11-20)15(23)17-8-12-19(16)2/h4,7,9,13H,3,5-6,8,10-12H2,1-2H3,(H,17,23)/t13-/m0/s1. The fourth-order valence-electron chi connectivity index (χ4n) is 3.75. The second kappa shape index (κ2) is 6.31. The third-order valence-corrected chi connectivity index (χ3v) is 5.30. The van der Waals surface area contributed by atoms with Crippen LogP contribution in [0.25, 0.3) is 0 Å². The van der Waals surface area contributed by atoms with Crippen molar-refractivity contribution in [3.63, 3.8) is 0 Å². The molecule has 0 radical (unpaired) electrons. The third kappa shape index (κ3) is 2.73. The van der Waals surface area contributed by atoms with Gasteiger partial charge in [0.2, 0.25) is 11.8 Å². The van der Waals surface area contributed by atoms with E-state index in [0.717, 1.165) is 6.54 Å². The average molecular weight is 319 g/mol. The molecule has 2 saturated heterocycles. The molecule has 2 amide bonds. The number of nitrogens with one attached hydrogen (secondary N) is 1. The van der Waals surface area contributed by atoms with Crippen molar-refractivity contribution in [3.8, 4) is 0 Å². The zero-order valence-electron chi connectivity index (χ0n) is 13.9. The summed E-state index contributed by atoms with van der Waals surface area (Å²) in [7, 11) is 2.01. The van der Waals surface area contributed by atoms with Gasteiger partial charge in [-0.05, 0) is 32.4 Å². The predicted molar refractivity (Wildman–Crippen MR) is 85.7 cm³/mol. The first kappa shape index (κ1) is 16.0. The summed E-state index contributed by atoms with van der Waals surface area (Å²) in [6, 6.07) is 1.58. The van der Waals surface area contributed by atoms with Crippen molar-refractivity contribution in [2.24, 2.45) is 0 Å². The fourth-order valence-corrected chi connectivity index (χ4v) is 3.75. The Balaban J connectivity index is 1.68. The highest BCUT2D eigenvalue weighted by atomic mass is 16.2. The first-order valence-corrected chi connectivity index (χ1v) is 8.36. The van der Waals surface area contributed by atoms with Crippen molar-refractivity contribution in [1.29, 1.82) is 0 Å². The highest BCUT2D eigenvalue weighted by molar-refractivity contribution is 5.88. The molecule has 1 atom stereocenters. The lowest BCUT2D eigenvalue weighted by Gasteiger charge is -2.48. The summed E-state index contributed by atoms with van der Waals surface area (Å²) < 4.78 is 1.73. The minimum absolute atomic E-state index is 0.102. The Morgan fingerprint density at radius 3 is 2.70 bits per heavy atom. The maximum atomic E-state index is 12.8. The molecule has 0 unspecified atom stereocenters. The zero-order valence-corrected chi connectivity index (χ0v) is 13.9. The van der Waals surface area contributed by atoms with E-state index < -0.39 is 5.54 Å². The molecule has 7 nitrogen and oxygen atoms in total. The number of hydrogen-bond acceptors (Lipinski definition) is 4. The summed E-state index contributed by atoms with van der Waals surface area (Å²) in [5.74, 6) is 0.211. The molecule has 23 heavy (non-hydrogen) atoms. The number of rotatable bonds is 3. The maximum absolute atomic E-state index is 12.8. The summed E-state index contributed by atoms with van der Waals surface area (Å²) in [4.78, 5) is 29.2. The third-order valence-electron chi connectivity index (χ3n) is 5.30. The van der Waals surface area contributed by atoms with Gasteiger partial charge >= 0.3 is 0 Å². The molecule has 3 heterocycles.